The molecular weight excluding hydrogens is 308 g/mol. The van der Waals surface area contributed by atoms with Crippen molar-refractivity contribution in [2.75, 3.05) is 19.5 Å². The number of carbonyl (C=O) groups excluding carboxylic acids is 1. The first-order valence-corrected chi connectivity index (χ1v) is 7.23. The van der Waals surface area contributed by atoms with Crippen molar-refractivity contribution < 1.29 is 18.7 Å². The molecule has 0 spiro atoms. The Kier molecular flexibility index (Phi) is 4.47. The lowest BCUT2D eigenvalue weighted by atomic mass is 10.1. The van der Waals surface area contributed by atoms with Crippen molar-refractivity contribution in [2.45, 2.75) is 0 Å². The standard InChI is InChI=1S/C18H16N2O4/c1-22-15-8-5-13(9-16(15)23-2)18(21)20-14-6-3-12(4-7-14)17-10-19-11-24-17/h3-11H,1-2H3,(H,20,21). The average Bonchev–Trinajstić information content (AvgIpc) is 3.16. The highest BCUT2D eigenvalue weighted by molar-refractivity contribution is 6.04. The topological polar surface area (TPSA) is 73.6 Å². The third-order valence-electron chi connectivity index (χ3n) is 3.51. The van der Waals surface area contributed by atoms with Crippen LogP contribution in [0.25, 0.3) is 11.3 Å². The predicted octanol–water partition coefficient (Wildman–Crippen LogP) is 3.61. The van der Waals surface area contributed by atoms with Crippen LogP contribution in [0.5, 0.6) is 11.5 Å². The number of oxazole rings is 1. The molecule has 24 heavy (non-hydrogen) atoms. The van der Waals surface area contributed by atoms with Crippen LogP contribution in [0.4, 0.5) is 5.69 Å². The molecule has 0 aliphatic rings. The number of carbonyl (C=O) groups is 1. The van der Waals surface area contributed by atoms with Gasteiger partial charge in [0.05, 0.1) is 20.4 Å². The number of nitrogens with zero attached hydrogens (tertiary/aromatic N) is 1. The van der Waals surface area contributed by atoms with Crippen molar-refractivity contribution in [3.63, 3.8) is 0 Å². The Hall–Kier alpha value is -3.28. The van der Waals surface area contributed by atoms with Crippen LogP contribution in [0.2, 0.25) is 0 Å². The third-order valence-corrected chi connectivity index (χ3v) is 3.51. The summed E-state index contributed by atoms with van der Waals surface area (Å²) in [6, 6.07) is 12.3. The molecule has 3 rings (SSSR count). The molecule has 0 radical (unpaired) electrons. The van der Waals surface area contributed by atoms with Crippen LogP contribution in [0.3, 0.4) is 0 Å². The van der Waals surface area contributed by atoms with Crippen molar-refractivity contribution in [2.24, 2.45) is 0 Å². The number of hydrogen-bond acceptors (Lipinski definition) is 5. The zero-order valence-electron chi connectivity index (χ0n) is 13.3. The van der Waals surface area contributed by atoms with Crippen molar-refractivity contribution in [1.29, 1.82) is 0 Å². The van der Waals surface area contributed by atoms with Gasteiger partial charge in [-0.2, -0.15) is 0 Å². The van der Waals surface area contributed by atoms with Gasteiger partial charge in [0, 0.05) is 16.8 Å². The minimum Gasteiger partial charge on any atom is -0.493 e. The Morgan fingerprint density at radius 3 is 2.42 bits per heavy atom. The first kappa shape index (κ1) is 15.6. The number of hydrogen-bond donors (Lipinski definition) is 1. The number of methoxy groups -OCH3 is 2. The van der Waals surface area contributed by atoms with Gasteiger partial charge in [0.1, 0.15) is 0 Å². The molecule has 6 nitrogen and oxygen atoms in total. The van der Waals surface area contributed by atoms with Crippen LogP contribution in [-0.2, 0) is 0 Å². The van der Waals surface area contributed by atoms with Crippen LogP contribution < -0.4 is 14.8 Å². The summed E-state index contributed by atoms with van der Waals surface area (Å²) in [6.45, 7) is 0. The van der Waals surface area contributed by atoms with Gasteiger partial charge in [0.2, 0.25) is 0 Å². The second kappa shape index (κ2) is 6.87. The highest BCUT2D eigenvalue weighted by Gasteiger charge is 2.11. The van der Waals surface area contributed by atoms with E-state index < -0.39 is 0 Å². The molecule has 1 N–H and O–H groups in total. The van der Waals surface area contributed by atoms with Crippen molar-refractivity contribution >= 4 is 11.6 Å². The molecule has 0 aliphatic heterocycles. The molecule has 2 aromatic carbocycles. The van der Waals surface area contributed by atoms with Crippen LogP contribution in [-0.4, -0.2) is 25.1 Å². The maximum atomic E-state index is 12.4. The van der Waals surface area contributed by atoms with E-state index in [4.69, 9.17) is 13.9 Å². The third kappa shape index (κ3) is 3.22. The first-order valence-electron chi connectivity index (χ1n) is 7.23. The number of benzene rings is 2. The summed E-state index contributed by atoms with van der Waals surface area (Å²) < 4.78 is 15.6. The zero-order valence-corrected chi connectivity index (χ0v) is 13.3. The van der Waals surface area contributed by atoms with Crippen LogP contribution in [0.1, 0.15) is 10.4 Å². The van der Waals surface area contributed by atoms with Gasteiger partial charge in [0.15, 0.2) is 23.7 Å². The Morgan fingerprint density at radius 1 is 1.04 bits per heavy atom. The Bertz CT molecular complexity index is 827. The SMILES string of the molecule is COc1ccc(C(=O)Nc2ccc(-c3cnco3)cc2)cc1OC. The largest absolute Gasteiger partial charge is 0.493 e. The maximum absolute atomic E-state index is 12.4. The molecule has 0 unspecified atom stereocenters. The lowest BCUT2D eigenvalue weighted by Crippen LogP contribution is -2.12. The maximum Gasteiger partial charge on any atom is 0.255 e. The van der Waals surface area contributed by atoms with Gasteiger partial charge < -0.3 is 19.2 Å². The predicted molar refractivity (Wildman–Crippen MR) is 89.4 cm³/mol. The van der Waals surface area contributed by atoms with Crippen LogP contribution in [0, 0.1) is 0 Å². The van der Waals surface area contributed by atoms with E-state index in [0.29, 0.717) is 28.5 Å². The molecule has 1 amide bonds. The van der Waals surface area contributed by atoms with Crippen molar-refractivity contribution in [3.8, 4) is 22.8 Å². The molecule has 6 heteroatoms. The molecule has 0 bridgehead atoms. The fraction of sp³-hybridized carbons (Fsp3) is 0.111. The van der Waals surface area contributed by atoms with Gasteiger partial charge in [-0.1, -0.05) is 0 Å². The monoisotopic (exact) mass is 324 g/mol. The molecule has 0 atom stereocenters. The van der Waals surface area contributed by atoms with Gasteiger partial charge in [0.25, 0.3) is 5.91 Å². The summed E-state index contributed by atoms with van der Waals surface area (Å²) in [5.41, 5.74) is 2.04. The van der Waals surface area contributed by atoms with E-state index in [9.17, 15) is 4.79 Å². The van der Waals surface area contributed by atoms with Gasteiger partial charge in [-0.3, -0.25) is 4.79 Å². The minimum atomic E-state index is -0.233. The molecule has 0 fully saturated rings. The minimum absolute atomic E-state index is 0.233. The number of anilines is 1. The highest BCUT2D eigenvalue weighted by Crippen LogP contribution is 2.28. The highest BCUT2D eigenvalue weighted by atomic mass is 16.5. The number of aromatic nitrogens is 1. The van der Waals surface area contributed by atoms with Crippen molar-refractivity contribution in [1.82, 2.24) is 4.98 Å². The van der Waals surface area contributed by atoms with E-state index >= 15 is 0 Å². The van der Waals surface area contributed by atoms with E-state index in [0.717, 1.165) is 5.56 Å². The van der Waals surface area contributed by atoms with Crippen LogP contribution in [0.15, 0.2) is 59.5 Å². The quantitative estimate of drug-likeness (QED) is 0.776. The summed E-state index contributed by atoms with van der Waals surface area (Å²) in [5, 5.41) is 2.84. The van der Waals surface area contributed by atoms with E-state index in [1.807, 2.05) is 12.1 Å². The Balaban J connectivity index is 1.75. The lowest BCUT2D eigenvalue weighted by molar-refractivity contribution is 0.102. The molecule has 0 saturated heterocycles. The summed E-state index contributed by atoms with van der Waals surface area (Å²) in [4.78, 5) is 16.2. The Labute approximate surface area is 139 Å². The van der Waals surface area contributed by atoms with E-state index in [2.05, 4.69) is 10.3 Å². The van der Waals surface area contributed by atoms with E-state index in [-0.39, 0.29) is 5.91 Å². The number of nitrogens with one attached hydrogen (secondary N) is 1. The molecular formula is C18H16N2O4. The number of rotatable bonds is 5. The summed E-state index contributed by atoms with van der Waals surface area (Å²) >= 11 is 0. The van der Waals surface area contributed by atoms with E-state index in [1.165, 1.54) is 13.5 Å². The van der Waals surface area contributed by atoms with Gasteiger partial charge in [-0.05, 0) is 42.5 Å². The summed E-state index contributed by atoms with van der Waals surface area (Å²) in [5.74, 6) is 1.52. The zero-order chi connectivity index (χ0) is 16.9. The van der Waals surface area contributed by atoms with Gasteiger partial charge in [-0.15, -0.1) is 0 Å². The number of amides is 1. The average molecular weight is 324 g/mol. The number of ether oxygens (including phenoxy) is 2. The second-order valence-electron chi connectivity index (χ2n) is 4.97. The summed E-state index contributed by atoms with van der Waals surface area (Å²) in [7, 11) is 3.08. The van der Waals surface area contributed by atoms with Crippen LogP contribution >= 0.6 is 0 Å². The second-order valence-corrected chi connectivity index (χ2v) is 4.97. The van der Waals surface area contributed by atoms with Gasteiger partial charge in [-0.25, -0.2) is 4.98 Å². The molecule has 0 aliphatic carbocycles. The van der Waals surface area contributed by atoms with Crippen molar-refractivity contribution in [3.05, 3.63) is 60.6 Å². The normalized spacial score (nSPS) is 10.2. The fourth-order valence-corrected chi connectivity index (χ4v) is 2.26. The van der Waals surface area contributed by atoms with E-state index in [1.54, 1.807) is 43.6 Å². The fourth-order valence-electron chi connectivity index (χ4n) is 2.26. The first-order chi connectivity index (χ1) is 11.7. The lowest BCUT2D eigenvalue weighted by Gasteiger charge is -2.10. The summed E-state index contributed by atoms with van der Waals surface area (Å²) in [6.07, 6.45) is 3.01. The molecule has 122 valence electrons. The molecule has 1 aromatic heterocycles. The van der Waals surface area contributed by atoms with Gasteiger partial charge >= 0.3 is 0 Å². The molecule has 1 heterocycles. The molecule has 0 saturated carbocycles. The Morgan fingerprint density at radius 2 is 1.79 bits per heavy atom. The molecule has 3 aromatic rings. The smallest absolute Gasteiger partial charge is 0.255 e.